The maximum absolute atomic E-state index is 13.9. The van der Waals surface area contributed by atoms with Gasteiger partial charge < -0.3 is 10.6 Å². The van der Waals surface area contributed by atoms with Crippen LogP contribution in [0.5, 0.6) is 0 Å². The summed E-state index contributed by atoms with van der Waals surface area (Å²) in [4.78, 5) is 30.5. The second kappa shape index (κ2) is 7.71. The number of carbonyl (C=O) groups is 2. The van der Waals surface area contributed by atoms with Crippen LogP contribution in [-0.4, -0.2) is 34.2 Å². The fourth-order valence-corrected chi connectivity index (χ4v) is 7.10. The van der Waals surface area contributed by atoms with E-state index in [9.17, 15) is 14.9 Å². The second-order valence-electron chi connectivity index (χ2n) is 8.45. The number of thioether (sulfide) groups is 1. The Morgan fingerprint density at radius 3 is 2.73 bits per heavy atom. The summed E-state index contributed by atoms with van der Waals surface area (Å²) >= 11 is 2.94. The van der Waals surface area contributed by atoms with Gasteiger partial charge in [0.25, 0.3) is 0 Å². The summed E-state index contributed by atoms with van der Waals surface area (Å²) in [5.41, 5.74) is 7.45. The Hall–Kier alpha value is -3.16. The molecule has 1 spiro atoms. The number of rotatable bonds is 3. The maximum atomic E-state index is 13.9. The van der Waals surface area contributed by atoms with Gasteiger partial charge in [0.15, 0.2) is 10.1 Å². The Labute approximate surface area is 199 Å². The van der Waals surface area contributed by atoms with Crippen LogP contribution >= 0.6 is 23.1 Å². The molecule has 3 aliphatic rings. The summed E-state index contributed by atoms with van der Waals surface area (Å²) in [6.45, 7) is 4.14. The molecule has 1 aromatic heterocycles. The molecule has 0 saturated heterocycles. The minimum absolute atomic E-state index is 0.0616. The molecule has 2 aromatic rings. The maximum Gasteiger partial charge on any atom is 0.247 e. The summed E-state index contributed by atoms with van der Waals surface area (Å²) in [6, 6.07) is 9.49. The quantitative estimate of drug-likeness (QED) is 0.667. The van der Waals surface area contributed by atoms with Crippen molar-refractivity contribution in [1.29, 1.82) is 5.26 Å². The Bertz CT molecular complexity index is 1300. The zero-order chi connectivity index (χ0) is 23.5. The van der Waals surface area contributed by atoms with Crippen molar-refractivity contribution in [3.05, 3.63) is 52.5 Å². The predicted octanol–water partition coefficient (Wildman–Crippen LogP) is 3.47. The standard InChI is InChI=1S/C23H22N6O2S2/c1-12(2)32-22-27-26-21(33-22)29-16-9-6-10-17(30)18(16)23(14(11-24)19(29)25)13-7-4-5-8-15(13)28(3)20(23)31/h4-5,7-8,12H,6,9-10,25H2,1-3H3/t23-/m1/s1. The highest BCUT2D eigenvalue weighted by molar-refractivity contribution is 8.01. The Kier molecular flexibility index (Phi) is 5.06. The molecule has 10 heteroatoms. The first-order chi connectivity index (χ1) is 15.8. The number of nitriles is 1. The van der Waals surface area contributed by atoms with E-state index in [1.54, 1.807) is 23.7 Å². The minimum Gasteiger partial charge on any atom is -0.384 e. The average Bonchev–Trinajstić information content (AvgIpc) is 3.31. The Morgan fingerprint density at radius 1 is 1.24 bits per heavy atom. The number of amides is 1. The monoisotopic (exact) mass is 478 g/mol. The van der Waals surface area contributed by atoms with E-state index in [0.717, 1.165) is 4.34 Å². The topological polar surface area (TPSA) is 116 Å². The van der Waals surface area contributed by atoms with Crippen LogP contribution in [0.2, 0.25) is 0 Å². The van der Waals surface area contributed by atoms with Crippen LogP contribution in [0.15, 0.2) is 51.3 Å². The van der Waals surface area contributed by atoms with Crippen LogP contribution in [-0.2, 0) is 15.0 Å². The van der Waals surface area contributed by atoms with Gasteiger partial charge in [0, 0.05) is 41.2 Å². The Balaban J connectivity index is 1.81. The first-order valence-electron chi connectivity index (χ1n) is 10.7. The average molecular weight is 479 g/mol. The lowest BCUT2D eigenvalue weighted by Gasteiger charge is -2.42. The van der Waals surface area contributed by atoms with Gasteiger partial charge >= 0.3 is 0 Å². The van der Waals surface area contributed by atoms with E-state index in [2.05, 4.69) is 30.1 Å². The molecule has 0 fully saturated rings. The van der Waals surface area contributed by atoms with Crippen LogP contribution in [0, 0.1) is 11.3 Å². The number of carbonyl (C=O) groups excluding carboxylic acids is 2. The molecular weight excluding hydrogens is 456 g/mol. The SMILES string of the molecule is CC(C)Sc1nnc(N2C(N)=C(C#N)[C@@]3(C(=O)N(C)c4ccccc43)C3=C2CCCC3=O)s1. The summed E-state index contributed by atoms with van der Waals surface area (Å²) in [6.07, 6.45) is 1.50. The lowest BCUT2D eigenvalue weighted by molar-refractivity contribution is -0.124. The van der Waals surface area contributed by atoms with Gasteiger partial charge in [-0.15, -0.1) is 10.2 Å². The van der Waals surface area contributed by atoms with Crippen molar-refractivity contribution in [3.8, 4) is 6.07 Å². The van der Waals surface area contributed by atoms with E-state index >= 15 is 0 Å². The van der Waals surface area contributed by atoms with Crippen molar-refractivity contribution in [2.45, 2.75) is 48.1 Å². The third-order valence-corrected chi connectivity index (χ3v) is 8.23. The second-order valence-corrected chi connectivity index (χ2v) is 11.2. The van der Waals surface area contributed by atoms with E-state index in [-0.39, 0.29) is 23.1 Å². The van der Waals surface area contributed by atoms with E-state index in [0.29, 0.717) is 52.2 Å². The minimum atomic E-state index is -1.53. The van der Waals surface area contributed by atoms with E-state index in [4.69, 9.17) is 5.73 Å². The van der Waals surface area contributed by atoms with Gasteiger partial charge in [-0.3, -0.25) is 14.5 Å². The van der Waals surface area contributed by atoms with Gasteiger partial charge in [-0.25, -0.2) is 0 Å². The molecule has 3 heterocycles. The Morgan fingerprint density at radius 2 is 2.00 bits per heavy atom. The third kappa shape index (κ3) is 2.89. The van der Waals surface area contributed by atoms with Crippen molar-refractivity contribution in [2.75, 3.05) is 16.8 Å². The highest BCUT2D eigenvalue weighted by Gasteiger charge is 2.61. The number of anilines is 2. The van der Waals surface area contributed by atoms with Gasteiger partial charge in [0.2, 0.25) is 11.0 Å². The number of nitrogens with zero attached hydrogens (tertiary/aromatic N) is 5. The molecule has 0 bridgehead atoms. The summed E-state index contributed by atoms with van der Waals surface area (Å²) < 4.78 is 0.776. The number of hydrogen-bond acceptors (Lipinski definition) is 9. The smallest absolute Gasteiger partial charge is 0.247 e. The molecule has 8 nitrogen and oxygen atoms in total. The number of hydrogen-bond donors (Lipinski definition) is 1. The summed E-state index contributed by atoms with van der Waals surface area (Å²) in [5, 5.41) is 19.7. The zero-order valence-corrected chi connectivity index (χ0v) is 20.1. The molecule has 1 aliphatic carbocycles. The lowest BCUT2D eigenvalue weighted by atomic mass is 9.64. The number of likely N-dealkylation sites (N-methyl/N-ethyl adjacent to an activating group) is 1. The number of benzene rings is 1. The fraction of sp³-hybridized carbons (Fsp3) is 0.348. The molecule has 5 rings (SSSR count). The molecule has 2 aliphatic heterocycles. The molecule has 2 N–H and O–H groups in total. The fourth-order valence-electron chi connectivity index (χ4n) is 5.00. The molecule has 168 valence electrons. The first kappa shape index (κ1) is 21.7. The molecule has 1 atom stereocenters. The van der Waals surface area contributed by atoms with Crippen LogP contribution in [0.3, 0.4) is 0 Å². The highest BCUT2D eigenvalue weighted by Crippen LogP contribution is 2.56. The number of nitrogens with two attached hydrogens (primary N) is 1. The molecule has 1 aromatic carbocycles. The van der Waals surface area contributed by atoms with Crippen LogP contribution in [0.4, 0.5) is 10.8 Å². The van der Waals surface area contributed by atoms with Gasteiger partial charge in [0.1, 0.15) is 17.3 Å². The van der Waals surface area contributed by atoms with Gasteiger partial charge in [-0.1, -0.05) is 55.1 Å². The lowest BCUT2D eigenvalue weighted by Crippen LogP contribution is -2.52. The van der Waals surface area contributed by atoms with Crippen molar-refractivity contribution < 1.29 is 9.59 Å². The number of Topliss-reactive ketones (excluding diaryl/α,β-unsaturated/α-hetero) is 1. The molecular formula is C23H22N6O2S2. The predicted molar refractivity (Wildman–Crippen MR) is 128 cm³/mol. The number of ketones is 1. The number of para-hydroxylation sites is 1. The largest absolute Gasteiger partial charge is 0.384 e. The van der Waals surface area contributed by atoms with Gasteiger partial charge in [-0.2, -0.15) is 5.26 Å². The molecule has 33 heavy (non-hydrogen) atoms. The van der Waals surface area contributed by atoms with Crippen LogP contribution in [0.1, 0.15) is 38.7 Å². The summed E-state index contributed by atoms with van der Waals surface area (Å²) in [7, 11) is 1.67. The molecule has 0 saturated carbocycles. The van der Waals surface area contributed by atoms with Crippen molar-refractivity contribution in [2.24, 2.45) is 5.73 Å². The van der Waals surface area contributed by atoms with Crippen molar-refractivity contribution >= 4 is 45.6 Å². The highest BCUT2D eigenvalue weighted by atomic mass is 32.2. The first-order valence-corrected chi connectivity index (χ1v) is 12.4. The van der Waals surface area contributed by atoms with Crippen molar-refractivity contribution in [3.63, 3.8) is 0 Å². The molecule has 1 amide bonds. The normalized spacial score (nSPS) is 22.4. The van der Waals surface area contributed by atoms with Crippen LogP contribution in [0.25, 0.3) is 0 Å². The van der Waals surface area contributed by atoms with E-state index < -0.39 is 5.41 Å². The van der Waals surface area contributed by atoms with E-state index in [1.807, 2.05) is 24.3 Å². The van der Waals surface area contributed by atoms with E-state index in [1.165, 1.54) is 16.2 Å². The number of aromatic nitrogens is 2. The molecule has 0 radical (unpaired) electrons. The van der Waals surface area contributed by atoms with Crippen LogP contribution < -0.4 is 15.5 Å². The zero-order valence-electron chi connectivity index (χ0n) is 18.5. The van der Waals surface area contributed by atoms with Gasteiger partial charge in [0.05, 0.1) is 5.57 Å². The number of allylic oxidation sites excluding steroid dienone is 1. The number of fused-ring (bicyclic) bond motifs is 3. The van der Waals surface area contributed by atoms with Gasteiger partial charge in [-0.05, 0) is 18.9 Å². The third-order valence-electron chi connectivity index (χ3n) is 6.23. The summed E-state index contributed by atoms with van der Waals surface area (Å²) in [5.74, 6) is -0.346. The van der Waals surface area contributed by atoms with Crippen molar-refractivity contribution in [1.82, 2.24) is 10.2 Å². The molecule has 0 unspecified atom stereocenters.